The maximum atomic E-state index is 12.4. The number of aryl methyl sites for hydroxylation is 1. The number of para-hydroxylation sites is 2. The number of aromatic nitrogens is 4. The lowest BCUT2D eigenvalue weighted by molar-refractivity contribution is -0.145. The molecule has 8 heteroatoms. The van der Waals surface area contributed by atoms with Gasteiger partial charge in [-0.25, -0.2) is 9.78 Å². The van der Waals surface area contributed by atoms with Crippen LogP contribution >= 0.6 is 0 Å². The molecule has 27 heavy (non-hydrogen) atoms. The molecular formula is C19H16N4O4. The van der Waals surface area contributed by atoms with Crippen molar-refractivity contribution in [3.05, 3.63) is 81.3 Å². The van der Waals surface area contributed by atoms with Crippen LogP contribution in [0.4, 0.5) is 0 Å². The van der Waals surface area contributed by atoms with E-state index < -0.39 is 5.97 Å². The van der Waals surface area contributed by atoms with Crippen molar-refractivity contribution in [2.45, 2.75) is 13.2 Å². The molecule has 0 aliphatic heterocycles. The highest BCUT2D eigenvalue weighted by Gasteiger charge is 2.14. The van der Waals surface area contributed by atoms with Gasteiger partial charge >= 0.3 is 11.7 Å². The minimum atomic E-state index is -0.580. The molecule has 0 unspecified atom stereocenters. The first-order valence-corrected chi connectivity index (χ1v) is 8.32. The third-order valence-corrected chi connectivity index (χ3v) is 4.34. The van der Waals surface area contributed by atoms with Crippen LogP contribution in [0.2, 0.25) is 0 Å². The van der Waals surface area contributed by atoms with Crippen LogP contribution in [0.1, 0.15) is 5.69 Å². The number of ether oxygens (including phenoxy) is 1. The maximum Gasteiger partial charge on any atom is 0.329 e. The number of fused-ring (bicyclic) bond motifs is 2. The van der Waals surface area contributed by atoms with Crippen molar-refractivity contribution in [2.75, 3.05) is 0 Å². The lowest BCUT2D eigenvalue weighted by Crippen LogP contribution is -2.26. The predicted octanol–water partition coefficient (Wildman–Crippen LogP) is 1.09. The van der Waals surface area contributed by atoms with Crippen molar-refractivity contribution >= 4 is 22.6 Å². The quantitative estimate of drug-likeness (QED) is 0.506. The van der Waals surface area contributed by atoms with Gasteiger partial charge in [0.15, 0.2) is 0 Å². The number of esters is 1. The number of pyridine rings is 1. The van der Waals surface area contributed by atoms with Crippen LogP contribution in [0.25, 0.3) is 16.7 Å². The Morgan fingerprint density at radius 3 is 2.63 bits per heavy atom. The van der Waals surface area contributed by atoms with Crippen LogP contribution in [0, 0.1) is 0 Å². The average Bonchev–Trinajstić information content (AvgIpc) is 2.92. The van der Waals surface area contributed by atoms with Gasteiger partial charge in [0.2, 0.25) is 0 Å². The van der Waals surface area contributed by atoms with Gasteiger partial charge in [-0.1, -0.05) is 18.2 Å². The van der Waals surface area contributed by atoms with E-state index in [1.165, 1.54) is 19.6 Å². The SMILES string of the molecule is Cn1c(=O)n(CC(=O)OCc2cc(=O)n3ccccc3n2)c2ccccc21. The van der Waals surface area contributed by atoms with Crippen LogP contribution in [0.3, 0.4) is 0 Å². The summed E-state index contributed by atoms with van der Waals surface area (Å²) in [4.78, 5) is 41.0. The topological polar surface area (TPSA) is 87.6 Å². The fourth-order valence-corrected chi connectivity index (χ4v) is 3.02. The molecule has 0 atom stereocenters. The highest BCUT2D eigenvalue weighted by molar-refractivity contribution is 5.78. The summed E-state index contributed by atoms with van der Waals surface area (Å²) in [5.74, 6) is -0.580. The fraction of sp³-hybridized carbons (Fsp3) is 0.158. The predicted molar refractivity (Wildman–Crippen MR) is 98.4 cm³/mol. The summed E-state index contributed by atoms with van der Waals surface area (Å²) in [6.07, 6.45) is 1.62. The monoisotopic (exact) mass is 364 g/mol. The van der Waals surface area contributed by atoms with Crippen molar-refractivity contribution in [3.63, 3.8) is 0 Å². The zero-order valence-corrected chi connectivity index (χ0v) is 14.5. The van der Waals surface area contributed by atoms with Crippen LogP contribution in [-0.4, -0.2) is 24.5 Å². The Hall–Kier alpha value is -3.68. The van der Waals surface area contributed by atoms with E-state index in [0.29, 0.717) is 16.9 Å². The standard InChI is InChI=1S/C19H16N4O4/c1-21-14-6-2-3-7-15(14)23(19(21)26)11-18(25)27-12-13-10-17(24)22-9-5-4-8-16(22)20-13/h2-10H,11-12H2,1H3. The van der Waals surface area contributed by atoms with Gasteiger partial charge < -0.3 is 4.74 Å². The van der Waals surface area contributed by atoms with Crippen LogP contribution < -0.4 is 11.2 Å². The Balaban J connectivity index is 1.54. The molecule has 0 amide bonds. The summed E-state index contributed by atoms with van der Waals surface area (Å²) in [6.45, 7) is -0.355. The highest BCUT2D eigenvalue weighted by atomic mass is 16.5. The van der Waals surface area contributed by atoms with Crippen molar-refractivity contribution < 1.29 is 9.53 Å². The van der Waals surface area contributed by atoms with E-state index >= 15 is 0 Å². The third kappa shape index (κ3) is 3.01. The molecule has 0 aliphatic carbocycles. The van der Waals surface area contributed by atoms with Crippen molar-refractivity contribution in [1.82, 2.24) is 18.5 Å². The number of benzene rings is 1. The molecule has 0 aliphatic rings. The van der Waals surface area contributed by atoms with Gasteiger partial charge in [0.25, 0.3) is 5.56 Å². The van der Waals surface area contributed by atoms with E-state index in [1.54, 1.807) is 43.6 Å². The summed E-state index contributed by atoms with van der Waals surface area (Å²) >= 11 is 0. The molecule has 3 aromatic heterocycles. The molecule has 8 nitrogen and oxygen atoms in total. The minimum absolute atomic E-state index is 0.140. The number of imidazole rings is 1. The number of rotatable bonds is 4. The van der Waals surface area contributed by atoms with Gasteiger partial charge in [-0.3, -0.25) is 23.1 Å². The second kappa shape index (κ2) is 6.56. The first kappa shape index (κ1) is 16.8. The maximum absolute atomic E-state index is 12.4. The van der Waals surface area contributed by atoms with Crippen molar-refractivity contribution in [1.29, 1.82) is 0 Å². The molecule has 3 heterocycles. The Labute approximate surface area is 152 Å². The lowest BCUT2D eigenvalue weighted by atomic mass is 10.3. The van der Waals surface area contributed by atoms with Gasteiger partial charge in [0.1, 0.15) is 18.8 Å². The summed E-state index contributed by atoms with van der Waals surface area (Å²) in [5, 5.41) is 0. The number of hydrogen-bond acceptors (Lipinski definition) is 5. The van der Waals surface area contributed by atoms with E-state index in [4.69, 9.17) is 4.74 Å². The summed E-state index contributed by atoms with van der Waals surface area (Å²) in [6, 6.07) is 13.7. The molecule has 0 fully saturated rings. The summed E-state index contributed by atoms with van der Waals surface area (Å²) in [5.41, 5.74) is 1.67. The Morgan fingerprint density at radius 2 is 1.81 bits per heavy atom. The van der Waals surface area contributed by atoms with Crippen LogP contribution in [0.15, 0.2) is 64.3 Å². The second-order valence-corrected chi connectivity index (χ2v) is 6.09. The number of carbonyl (C=O) groups is 1. The Kier molecular flexibility index (Phi) is 4.08. The number of nitrogens with zero attached hydrogens (tertiary/aromatic N) is 4. The molecule has 4 aromatic rings. The third-order valence-electron chi connectivity index (χ3n) is 4.34. The molecule has 0 radical (unpaired) electrons. The van der Waals surface area contributed by atoms with Gasteiger partial charge in [-0.2, -0.15) is 0 Å². The van der Waals surface area contributed by atoms with Gasteiger partial charge in [0, 0.05) is 19.3 Å². The average molecular weight is 364 g/mol. The van der Waals surface area contributed by atoms with E-state index in [0.717, 1.165) is 5.52 Å². The van der Waals surface area contributed by atoms with E-state index in [1.807, 2.05) is 12.1 Å². The summed E-state index contributed by atoms with van der Waals surface area (Å²) in [7, 11) is 1.65. The largest absolute Gasteiger partial charge is 0.458 e. The minimum Gasteiger partial charge on any atom is -0.458 e. The van der Waals surface area contributed by atoms with Crippen LogP contribution in [0.5, 0.6) is 0 Å². The normalized spacial score (nSPS) is 11.1. The molecular weight excluding hydrogens is 348 g/mol. The van der Waals surface area contributed by atoms with Gasteiger partial charge in [-0.15, -0.1) is 0 Å². The zero-order chi connectivity index (χ0) is 19.0. The smallest absolute Gasteiger partial charge is 0.329 e. The molecule has 136 valence electrons. The molecule has 0 bridgehead atoms. The van der Waals surface area contributed by atoms with E-state index in [9.17, 15) is 14.4 Å². The molecule has 0 saturated heterocycles. The Bertz CT molecular complexity index is 1280. The first-order chi connectivity index (χ1) is 13.0. The Morgan fingerprint density at radius 1 is 1.07 bits per heavy atom. The summed E-state index contributed by atoms with van der Waals surface area (Å²) < 4.78 is 9.48. The van der Waals surface area contributed by atoms with Crippen molar-refractivity contribution in [3.8, 4) is 0 Å². The van der Waals surface area contributed by atoms with Crippen LogP contribution in [-0.2, 0) is 29.7 Å². The molecule has 0 saturated carbocycles. The molecule has 1 aromatic carbocycles. The highest BCUT2D eigenvalue weighted by Crippen LogP contribution is 2.11. The van der Waals surface area contributed by atoms with Crippen molar-refractivity contribution in [2.24, 2.45) is 7.05 Å². The number of carbonyl (C=O) groups excluding carboxylic acids is 1. The molecule has 0 N–H and O–H groups in total. The van der Waals surface area contributed by atoms with E-state index in [2.05, 4.69) is 4.98 Å². The van der Waals surface area contributed by atoms with E-state index in [-0.39, 0.29) is 24.4 Å². The second-order valence-electron chi connectivity index (χ2n) is 6.09. The fourth-order valence-electron chi connectivity index (χ4n) is 3.02. The van der Waals surface area contributed by atoms with Gasteiger partial charge in [0.05, 0.1) is 16.7 Å². The zero-order valence-electron chi connectivity index (χ0n) is 14.5. The number of hydrogen-bond donors (Lipinski definition) is 0. The molecule has 0 spiro atoms. The molecule has 4 rings (SSSR count). The van der Waals surface area contributed by atoms with Gasteiger partial charge in [-0.05, 0) is 24.3 Å². The lowest BCUT2D eigenvalue weighted by Gasteiger charge is -2.06. The first-order valence-electron chi connectivity index (χ1n) is 8.32.